The van der Waals surface area contributed by atoms with Crippen LogP contribution in [0.4, 0.5) is 18.9 Å². The fourth-order valence-corrected chi connectivity index (χ4v) is 1.90. The van der Waals surface area contributed by atoms with Crippen LogP contribution in [0.5, 0.6) is 5.75 Å². The van der Waals surface area contributed by atoms with Crippen LogP contribution >= 0.6 is 22.6 Å². The number of rotatable bonds is 3. The van der Waals surface area contributed by atoms with Crippen molar-refractivity contribution in [3.05, 3.63) is 21.3 Å². The van der Waals surface area contributed by atoms with E-state index in [-0.39, 0.29) is 11.4 Å². The van der Waals surface area contributed by atoms with Crippen LogP contribution in [-0.2, 0) is 0 Å². The molecule has 1 aromatic rings. The lowest BCUT2D eigenvalue weighted by Gasteiger charge is -2.12. The molecule has 0 heterocycles. The highest BCUT2D eigenvalue weighted by Crippen LogP contribution is 2.30. The van der Waals surface area contributed by atoms with Crippen molar-refractivity contribution in [3.8, 4) is 11.8 Å². The number of benzene rings is 1. The van der Waals surface area contributed by atoms with E-state index >= 15 is 0 Å². The molecule has 2 N–H and O–H groups in total. The molecule has 0 unspecified atom stereocenters. The highest BCUT2D eigenvalue weighted by molar-refractivity contribution is 14.1. The summed E-state index contributed by atoms with van der Waals surface area (Å²) in [6.45, 7) is -0.490. The molecule has 0 bridgehead atoms. The molecule has 0 spiro atoms. The minimum atomic E-state index is -4.26. The first-order valence-electron chi connectivity index (χ1n) is 4.52. The number of nitrogens with two attached hydrogens (primary N) is 1. The Bertz CT molecular complexity index is 431. The molecule has 0 amide bonds. The quantitative estimate of drug-likeness (QED) is 0.669. The molecule has 1 rings (SSSR count). The third kappa shape index (κ3) is 4.30. The van der Waals surface area contributed by atoms with E-state index in [9.17, 15) is 13.2 Å². The number of nitrogens with zero attached hydrogens (tertiary/aromatic N) is 1. The number of nitrogen functional groups attached to an aromatic ring is 1. The third-order valence-corrected chi connectivity index (χ3v) is 2.63. The second-order valence-corrected chi connectivity index (χ2v) is 4.36. The minimum Gasteiger partial charge on any atom is -0.490 e. The number of anilines is 1. The summed E-state index contributed by atoms with van der Waals surface area (Å²) in [7, 11) is 0. The lowest BCUT2D eigenvalue weighted by molar-refractivity contribution is -0.139. The van der Waals surface area contributed by atoms with Gasteiger partial charge in [-0.05, 0) is 34.7 Å². The standard InChI is InChI=1S/C10H8F3IN2O/c11-10(12,13)1-2-17-9-7(14)3-6(5-15)4-8(9)16/h3-4H,1-2,16H2. The van der Waals surface area contributed by atoms with E-state index in [0.717, 1.165) is 0 Å². The fraction of sp³-hybridized carbons (Fsp3) is 0.300. The first kappa shape index (κ1) is 13.9. The van der Waals surface area contributed by atoms with Gasteiger partial charge in [0.25, 0.3) is 0 Å². The Morgan fingerprint density at radius 2 is 2.06 bits per heavy atom. The molecule has 0 fully saturated rings. The molecular formula is C10H8F3IN2O. The first-order chi connectivity index (χ1) is 7.83. The molecule has 17 heavy (non-hydrogen) atoms. The topological polar surface area (TPSA) is 59.0 Å². The van der Waals surface area contributed by atoms with Crippen molar-refractivity contribution in [2.24, 2.45) is 0 Å². The maximum atomic E-state index is 11.9. The predicted octanol–water partition coefficient (Wildman–Crippen LogP) is 3.08. The lowest BCUT2D eigenvalue weighted by atomic mass is 10.2. The number of nitriles is 1. The summed E-state index contributed by atoms with van der Waals surface area (Å²) in [6, 6.07) is 4.76. The smallest absolute Gasteiger partial charge is 0.392 e. The Balaban J connectivity index is 2.76. The van der Waals surface area contributed by atoms with Gasteiger partial charge in [0.2, 0.25) is 0 Å². The lowest BCUT2D eigenvalue weighted by Crippen LogP contribution is -2.14. The Kier molecular flexibility index (Phi) is 4.45. The van der Waals surface area contributed by atoms with Crippen LogP contribution in [-0.4, -0.2) is 12.8 Å². The summed E-state index contributed by atoms with van der Waals surface area (Å²) >= 11 is 1.86. The van der Waals surface area contributed by atoms with Crippen LogP contribution in [0.1, 0.15) is 12.0 Å². The van der Waals surface area contributed by atoms with Gasteiger partial charge in [0.1, 0.15) is 0 Å². The highest BCUT2D eigenvalue weighted by Gasteiger charge is 2.27. The first-order valence-corrected chi connectivity index (χ1v) is 5.60. The van der Waals surface area contributed by atoms with Gasteiger partial charge in [-0.2, -0.15) is 18.4 Å². The molecule has 0 saturated carbocycles. The largest absolute Gasteiger partial charge is 0.490 e. The van der Waals surface area contributed by atoms with E-state index in [1.807, 2.05) is 28.7 Å². The van der Waals surface area contributed by atoms with Crippen LogP contribution in [0.15, 0.2) is 12.1 Å². The van der Waals surface area contributed by atoms with Crippen molar-refractivity contribution in [3.63, 3.8) is 0 Å². The molecule has 0 aliphatic rings. The van der Waals surface area contributed by atoms with Crippen LogP contribution in [0.2, 0.25) is 0 Å². The van der Waals surface area contributed by atoms with Crippen molar-refractivity contribution in [2.75, 3.05) is 12.3 Å². The fourth-order valence-electron chi connectivity index (χ4n) is 1.10. The second kappa shape index (κ2) is 5.44. The zero-order valence-corrected chi connectivity index (χ0v) is 10.7. The summed E-state index contributed by atoms with van der Waals surface area (Å²) in [4.78, 5) is 0. The van der Waals surface area contributed by atoms with Gasteiger partial charge in [-0.3, -0.25) is 0 Å². The van der Waals surface area contributed by atoms with Crippen LogP contribution in [0, 0.1) is 14.9 Å². The Morgan fingerprint density at radius 1 is 1.41 bits per heavy atom. The van der Waals surface area contributed by atoms with Crippen LogP contribution in [0.25, 0.3) is 0 Å². The van der Waals surface area contributed by atoms with Crippen LogP contribution < -0.4 is 10.5 Å². The molecule has 92 valence electrons. The van der Waals surface area contributed by atoms with Gasteiger partial charge in [0, 0.05) is 0 Å². The molecule has 0 aliphatic heterocycles. The molecular weight excluding hydrogens is 348 g/mol. The van der Waals surface area contributed by atoms with Gasteiger partial charge in [0.05, 0.1) is 33.9 Å². The summed E-state index contributed by atoms with van der Waals surface area (Å²) in [5, 5.41) is 8.66. The molecule has 0 atom stereocenters. The maximum absolute atomic E-state index is 11.9. The zero-order chi connectivity index (χ0) is 13.1. The molecule has 1 aromatic carbocycles. The van der Waals surface area contributed by atoms with Gasteiger partial charge >= 0.3 is 6.18 Å². The predicted molar refractivity (Wildman–Crippen MR) is 64.5 cm³/mol. The maximum Gasteiger partial charge on any atom is 0.392 e. The molecule has 0 radical (unpaired) electrons. The number of alkyl halides is 3. The van der Waals surface area contributed by atoms with Gasteiger partial charge in [-0.1, -0.05) is 0 Å². The van der Waals surface area contributed by atoms with Gasteiger partial charge in [-0.25, -0.2) is 0 Å². The Hall–Kier alpha value is -1.17. The minimum absolute atomic E-state index is 0.163. The van der Waals surface area contributed by atoms with E-state index < -0.39 is 19.2 Å². The molecule has 3 nitrogen and oxygen atoms in total. The van der Waals surface area contributed by atoms with Crippen molar-refractivity contribution < 1.29 is 17.9 Å². The molecule has 0 aliphatic carbocycles. The normalized spacial score (nSPS) is 11.0. The second-order valence-electron chi connectivity index (χ2n) is 3.20. The van der Waals surface area contributed by atoms with Gasteiger partial charge in [-0.15, -0.1) is 0 Å². The number of ether oxygens (including phenoxy) is 1. The number of hydrogen-bond donors (Lipinski definition) is 1. The monoisotopic (exact) mass is 356 g/mol. The van der Waals surface area contributed by atoms with E-state index in [0.29, 0.717) is 9.13 Å². The molecule has 7 heteroatoms. The van der Waals surface area contributed by atoms with E-state index in [1.54, 1.807) is 0 Å². The summed E-state index contributed by atoms with van der Waals surface area (Å²) in [5.41, 5.74) is 6.09. The zero-order valence-electron chi connectivity index (χ0n) is 8.51. The Morgan fingerprint density at radius 3 is 2.53 bits per heavy atom. The third-order valence-electron chi connectivity index (χ3n) is 1.83. The summed E-state index contributed by atoms with van der Waals surface area (Å²) in [5.74, 6) is 0.189. The van der Waals surface area contributed by atoms with Crippen molar-refractivity contribution in [2.45, 2.75) is 12.6 Å². The summed E-state index contributed by atoms with van der Waals surface area (Å²) < 4.78 is 41.3. The van der Waals surface area contributed by atoms with Crippen molar-refractivity contribution >= 4 is 28.3 Å². The van der Waals surface area contributed by atoms with Crippen molar-refractivity contribution in [1.82, 2.24) is 0 Å². The van der Waals surface area contributed by atoms with E-state index in [4.69, 9.17) is 15.7 Å². The highest BCUT2D eigenvalue weighted by atomic mass is 127. The van der Waals surface area contributed by atoms with E-state index in [2.05, 4.69) is 0 Å². The molecule has 0 saturated heterocycles. The summed E-state index contributed by atoms with van der Waals surface area (Å²) in [6.07, 6.45) is -5.30. The Labute approximate surface area is 109 Å². The molecule has 0 aromatic heterocycles. The van der Waals surface area contributed by atoms with Crippen molar-refractivity contribution in [1.29, 1.82) is 5.26 Å². The van der Waals surface area contributed by atoms with Crippen LogP contribution in [0.3, 0.4) is 0 Å². The number of hydrogen-bond acceptors (Lipinski definition) is 3. The average Bonchev–Trinajstić information content (AvgIpc) is 2.20. The number of halogens is 4. The van der Waals surface area contributed by atoms with E-state index in [1.165, 1.54) is 12.1 Å². The van der Waals surface area contributed by atoms with Gasteiger partial charge in [0.15, 0.2) is 5.75 Å². The SMILES string of the molecule is N#Cc1cc(N)c(OCCC(F)(F)F)c(I)c1. The average molecular weight is 356 g/mol. The van der Waals surface area contributed by atoms with Gasteiger partial charge < -0.3 is 10.5 Å².